The quantitative estimate of drug-likeness (QED) is 0.358. The topological polar surface area (TPSA) is 130 Å². The first-order valence-electron chi connectivity index (χ1n) is 8.92. The van der Waals surface area contributed by atoms with Crippen LogP contribution in [0, 0.1) is 0 Å². The van der Waals surface area contributed by atoms with Crippen molar-refractivity contribution < 1.29 is 14.3 Å². The van der Waals surface area contributed by atoms with Crippen LogP contribution >= 0.6 is 11.9 Å². The van der Waals surface area contributed by atoms with Gasteiger partial charge in [-0.3, -0.25) is 0 Å². The number of urea groups is 1. The van der Waals surface area contributed by atoms with Crippen LogP contribution in [0.1, 0.15) is 11.4 Å². The van der Waals surface area contributed by atoms with E-state index in [0.29, 0.717) is 35.5 Å². The molecular weight excluding hydrogens is 408 g/mol. The van der Waals surface area contributed by atoms with Gasteiger partial charge in [-0.25, -0.2) is 14.8 Å². The van der Waals surface area contributed by atoms with Crippen molar-refractivity contribution in [2.75, 3.05) is 32.1 Å². The number of aromatic nitrogens is 2. The molecule has 0 fully saturated rings. The summed E-state index contributed by atoms with van der Waals surface area (Å²) in [5, 5.41) is 10.4. The SMILES string of the molecule is CSN(/N=C/c1cc(C2=CNCN2C)nc(Nc2ccc3c(c2)OCO3)n1)C(N)=O. The summed E-state index contributed by atoms with van der Waals surface area (Å²) < 4.78 is 11.8. The lowest BCUT2D eigenvalue weighted by atomic mass is 10.2. The minimum absolute atomic E-state index is 0.199. The monoisotopic (exact) mass is 428 g/mol. The molecule has 2 aromatic rings. The smallest absolute Gasteiger partial charge is 0.345 e. The zero-order valence-electron chi connectivity index (χ0n) is 16.3. The molecule has 1 aromatic heterocycles. The fourth-order valence-electron chi connectivity index (χ4n) is 2.87. The molecule has 0 aliphatic carbocycles. The highest BCUT2D eigenvalue weighted by atomic mass is 32.2. The second-order valence-electron chi connectivity index (χ2n) is 6.32. The van der Waals surface area contributed by atoms with Gasteiger partial charge in [0.2, 0.25) is 12.7 Å². The molecule has 156 valence electrons. The van der Waals surface area contributed by atoms with E-state index in [4.69, 9.17) is 15.2 Å². The minimum Gasteiger partial charge on any atom is -0.454 e. The van der Waals surface area contributed by atoms with Crippen molar-refractivity contribution in [1.82, 2.24) is 24.6 Å². The van der Waals surface area contributed by atoms with Gasteiger partial charge in [0.1, 0.15) is 0 Å². The minimum atomic E-state index is -0.672. The molecule has 0 atom stereocenters. The van der Waals surface area contributed by atoms with Gasteiger partial charge in [-0.05, 0) is 30.1 Å². The Hall–Kier alpha value is -3.67. The molecule has 1 aromatic carbocycles. The number of ether oxygens (including phenoxy) is 2. The van der Waals surface area contributed by atoms with Crippen molar-refractivity contribution in [3.8, 4) is 11.5 Å². The van der Waals surface area contributed by atoms with Gasteiger partial charge in [0.05, 0.1) is 30.0 Å². The van der Waals surface area contributed by atoms with E-state index < -0.39 is 6.03 Å². The number of anilines is 2. The molecule has 2 aliphatic rings. The molecule has 4 N–H and O–H groups in total. The van der Waals surface area contributed by atoms with Crippen LogP contribution in [0.5, 0.6) is 11.5 Å². The van der Waals surface area contributed by atoms with Gasteiger partial charge < -0.3 is 30.7 Å². The van der Waals surface area contributed by atoms with Crippen LogP contribution in [0.4, 0.5) is 16.4 Å². The summed E-state index contributed by atoms with van der Waals surface area (Å²) in [5.74, 6) is 1.71. The predicted molar refractivity (Wildman–Crippen MR) is 114 cm³/mol. The van der Waals surface area contributed by atoms with Crippen LogP contribution in [-0.2, 0) is 0 Å². The molecule has 0 radical (unpaired) electrons. The van der Waals surface area contributed by atoms with E-state index in [9.17, 15) is 4.79 Å². The summed E-state index contributed by atoms with van der Waals surface area (Å²) in [6, 6.07) is 6.59. The molecule has 0 saturated heterocycles. The molecule has 2 aliphatic heterocycles. The molecular formula is C18H20N8O3S. The number of hydrogen-bond acceptors (Lipinski definition) is 10. The Morgan fingerprint density at radius 2 is 2.20 bits per heavy atom. The molecule has 2 amide bonds. The highest BCUT2D eigenvalue weighted by Gasteiger charge is 2.17. The van der Waals surface area contributed by atoms with Gasteiger partial charge >= 0.3 is 6.03 Å². The van der Waals surface area contributed by atoms with Crippen LogP contribution < -0.4 is 25.8 Å². The summed E-state index contributed by atoms with van der Waals surface area (Å²) in [5.41, 5.74) is 8.14. The Kier molecular flexibility index (Phi) is 5.48. The van der Waals surface area contributed by atoms with Gasteiger partial charge in [-0.2, -0.15) is 9.52 Å². The van der Waals surface area contributed by atoms with Crippen LogP contribution in [0.15, 0.2) is 35.6 Å². The zero-order chi connectivity index (χ0) is 21.1. The number of fused-ring (bicyclic) bond motifs is 1. The number of benzene rings is 1. The molecule has 0 saturated carbocycles. The Bertz CT molecular complexity index is 1030. The number of primary amides is 1. The van der Waals surface area contributed by atoms with Crippen LogP contribution in [0.25, 0.3) is 5.70 Å². The van der Waals surface area contributed by atoms with Gasteiger partial charge in [-0.15, -0.1) is 0 Å². The van der Waals surface area contributed by atoms with E-state index in [2.05, 4.69) is 25.7 Å². The molecule has 4 rings (SSSR count). The number of nitrogens with two attached hydrogens (primary N) is 1. The third-order valence-electron chi connectivity index (χ3n) is 4.27. The first-order valence-corrected chi connectivity index (χ1v) is 10.1. The normalized spacial score (nSPS) is 14.6. The van der Waals surface area contributed by atoms with E-state index in [1.807, 2.05) is 36.3 Å². The largest absolute Gasteiger partial charge is 0.454 e. The second kappa shape index (κ2) is 8.37. The van der Waals surface area contributed by atoms with Crippen LogP contribution in [0.3, 0.4) is 0 Å². The molecule has 0 unspecified atom stereocenters. The number of nitrogens with zero attached hydrogens (tertiary/aromatic N) is 5. The number of rotatable bonds is 6. The molecule has 3 heterocycles. The fourth-order valence-corrected chi connectivity index (χ4v) is 3.19. The predicted octanol–water partition coefficient (Wildman–Crippen LogP) is 1.73. The van der Waals surface area contributed by atoms with Crippen LogP contribution in [-0.4, -0.2) is 58.3 Å². The summed E-state index contributed by atoms with van der Waals surface area (Å²) in [7, 11) is 1.95. The Morgan fingerprint density at radius 3 is 2.93 bits per heavy atom. The van der Waals surface area contributed by atoms with E-state index >= 15 is 0 Å². The number of hydrogen-bond donors (Lipinski definition) is 3. The molecule has 30 heavy (non-hydrogen) atoms. The maximum atomic E-state index is 11.4. The van der Waals surface area contributed by atoms with Crippen molar-refractivity contribution in [3.05, 3.63) is 41.9 Å². The lowest BCUT2D eigenvalue weighted by molar-refractivity contribution is 0.174. The van der Waals surface area contributed by atoms with Gasteiger partial charge in [0, 0.05) is 31.3 Å². The standard InChI is InChI=1S/C18H20N8O3S/c1-25-9-20-8-14(25)13-5-12(7-21-26(30-2)17(19)27)23-18(24-13)22-11-3-4-15-16(6-11)29-10-28-15/h3-8,20H,9-10H2,1-2H3,(H2,19,27)(H,22,23,24)/b21-7+. The van der Waals surface area contributed by atoms with Gasteiger partial charge in [-0.1, -0.05) is 0 Å². The number of carbonyl (C=O) groups excluding carboxylic acids is 1. The van der Waals surface area contributed by atoms with Crippen molar-refractivity contribution in [2.24, 2.45) is 10.8 Å². The van der Waals surface area contributed by atoms with Crippen molar-refractivity contribution in [2.45, 2.75) is 0 Å². The van der Waals surface area contributed by atoms with E-state index in [-0.39, 0.29) is 6.79 Å². The van der Waals surface area contributed by atoms with Crippen molar-refractivity contribution in [1.29, 1.82) is 0 Å². The maximum Gasteiger partial charge on any atom is 0.345 e. The molecule has 12 heteroatoms. The Morgan fingerprint density at radius 1 is 1.37 bits per heavy atom. The fraction of sp³-hybridized carbons (Fsp3) is 0.222. The summed E-state index contributed by atoms with van der Waals surface area (Å²) in [4.78, 5) is 22.5. The number of nitrogens with one attached hydrogen (secondary N) is 2. The number of hydrazone groups is 1. The first-order chi connectivity index (χ1) is 14.5. The van der Waals surface area contributed by atoms with E-state index in [0.717, 1.165) is 27.7 Å². The van der Waals surface area contributed by atoms with Crippen molar-refractivity contribution >= 4 is 41.5 Å². The van der Waals surface area contributed by atoms with Gasteiger partial charge in [0.15, 0.2) is 11.5 Å². The molecule has 11 nitrogen and oxygen atoms in total. The number of carbonyl (C=O) groups is 1. The highest BCUT2D eigenvalue weighted by molar-refractivity contribution is 7.96. The highest BCUT2D eigenvalue weighted by Crippen LogP contribution is 2.35. The molecule has 0 spiro atoms. The van der Waals surface area contributed by atoms with Crippen molar-refractivity contribution in [3.63, 3.8) is 0 Å². The van der Waals surface area contributed by atoms with E-state index in [1.54, 1.807) is 12.3 Å². The Labute approximate surface area is 177 Å². The molecule has 0 bridgehead atoms. The third kappa shape index (κ3) is 4.17. The second-order valence-corrected chi connectivity index (χ2v) is 7.03. The lowest BCUT2D eigenvalue weighted by Gasteiger charge is -2.16. The first kappa shape index (κ1) is 19.6. The van der Waals surface area contributed by atoms with E-state index in [1.165, 1.54) is 6.21 Å². The Balaban J connectivity index is 1.66. The third-order valence-corrected chi connectivity index (χ3v) is 4.89. The zero-order valence-corrected chi connectivity index (χ0v) is 17.1. The lowest BCUT2D eigenvalue weighted by Crippen LogP contribution is -2.25. The number of amides is 2. The van der Waals surface area contributed by atoms with Gasteiger partial charge in [0.25, 0.3) is 0 Å². The maximum absolute atomic E-state index is 11.4. The summed E-state index contributed by atoms with van der Waals surface area (Å²) in [6.45, 7) is 0.875. The summed E-state index contributed by atoms with van der Waals surface area (Å²) >= 11 is 1.09. The summed E-state index contributed by atoms with van der Waals surface area (Å²) in [6.07, 6.45) is 5.04. The van der Waals surface area contributed by atoms with Crippen LogP contribution in [0.2, 0.25) is 0 Å². The average Bonchev–Trinajstić information content (AvgIpc) is 3.36. The average molecular weight is 428 g/mol.